The highest BCUT2D eigenvalue weighted by Crippen LogP contribution is 2.19. The second-order valence-corrected chi connectivity index (χ2v) is 6.23. The summed E-state index contributed by atoms with van der Waals surface area (Å²) in [4.78, 5) is 0. The summed E-state index contributed by atoms with van der Waals surface area (Å²) >= 11 is 0. The summed E-state index contributed by atoms with van der Waals surface area (Å²) in [5, 5.41) is 7.75. The molecule has 1 atom stereocenters. The van der Waals surface area contributed by atoms with Gasteiger partial charge in [0.15, 0.2) is 5.25 Å². The minimum atomic E-state index is -3.66. The van der Waals surface area contributed by atoms with E-state index in [0.29, 0.717) is 11.4 Å². The average molecular weight is 282 g/mol. The van der Waals surface area contributed by atoms with Crippen molar-refractivity contribution >= 4 is 15.7 Å². The van der Waals surface area contributed by atoms with Crippen LogP contribution in [0.25, 0.3) is 0 Å². The number of benzene rings is 1. The van der Waals surface area contributed by atoms with Crippen molar-refractivity contribution in [1.29, 1.82) is 5.26 Å². The third-order valence-electron chi connectivity index (χ3n) is 2.38. The lowest BCUT2D eigenvalue weighted by Crippen LogP contribution is -2.25. The third-order valence-corrected chi connectivity index (χ3v) is 4.08. The number of hydrogen-bond acceptors (Lipinski definition) is 4. The minimum absolute atomic E-state index is 0.0607. The molecule has 0 spiro atoms. The predicted octanol–water partition coefficient (Wildman–Crippen LogP) is 2.52. The molecule has 0 saturated heterocycles. The smallest absolute Gasteiger partial charge is 0.249 e. The van der Waals surface area contributed by atoms with Crippen molar-refractivity contribution < 1.29 is 13.2 Å². The fraction of sp³-hybridized carbons (Fsp3) is 0.462. The van der Waals surface area contributed by atoms with E-state index in [9.17, 15) is 8.42 Å². The quantitative estimate of drug-likeness (QED) is 0.869. The van der Waals surface area contributed by atoms with Gasteiger partial charge in [-0.15, -0.1) is 0 Å². The lowest BCUT2D eigenvalue weighted by Gasteiger charge is -2.13. The lowest BCUT2D eigenvalue weighted by molar-refractivity contribution is 0.242. The fourth-order valence-corrected chi connectivity index (χ4v) is 2.67. The molecule has 0 aliphatic carbocycles. The number of hydrogen-bond donors (Lipinski definition) is 1. The van der Waals surface area contributed by atoms with Crippen LogP contribution in [-0.2, 0) is 10.0 Å². The van der Waals surface area contributed by atoms with E-state index >= 15 is 0 Å². The number of rotatable bonds is 6. The lowest BCUT2D eigenvalue weighted by atomic mass is 10.3. The van der Waals surface area contributed by atoms with E-state index in [2.05, 4.69) is 4.72 Å². The molecule has 1 aromatic rings. The Morgan fingerprint density at radius 1 is 1.32 bits per heavy atom. The highest BCUT2D eigenvalue weighted by Gasteiger charge is 2.23. The van der Waals surface area contributed by atoms with Crippen LogP contribution >= 0.6 is 0 Å². The number of sulfonamides is 1. The van der Waals surface area contributed by atoms with Crippen LogP contribution < -0.4 is 9.46 Å². The molecule has 0 aliphatic rings. The predicted molar refractivity (Wildman–Crippen MR) is 74.4 cm³/mol. The molecule has 19 heavy (non-hydrogen) atoms. The SMILES string of the molecule is CCC(C#N)S(=O)(=O)Nc1ccc(OC(C)C)cc1. The molecule has 6 heteroatoms. The molecule has 1 N–H and O–H groups in total. The maximum Gasteiger partial charge on any atom is 0.249 e. The number of ether oxygens (including phenoxy) is 1. The number of anilines is 1. The first-order valence-electron chi connectivity index (χ1n) is 6.07. The Morgan fingerprint density at radius 2 is 1.89 bits per heavy atom. The highest BCUT2D eigenvalue weighted by atomic mass is 32.2. The summed E-state index contributed by atoms with van der Waals surface area (Å²) in [5.74, 6) is 0.672. The van der Waals surface area contributed by atoms with Crippen LogP contribution in [-0.4, -0.2) is 19.8 Å². The fourth-order valence-electron chi connectivity index (χ4n) is 1.49. The molecule has 1 unspecified atom stereocenters. The van der Waals surface area contributed by atoms with Gasteiger partial charge in [0.25, 0.3) is 0 Å². The Kier molecular flexibility index (Phi) is 5.19. The summed E-state index contributed by atoms with van der Waals surface area (Å²) < 4.78 is 31.6. The first-order valence-corrected chi connectivity index (χ1v) is 7.61. The molecule has 0 bridgehead atoms. The molecule has 0 amide bonds. The van der Waals surface area contributed by atoms with Crippen molar-refractivity contribution in [1.82, 2.24) is 0 Å². The zero-order chi connectivity index (χ0) is 14.5. The first-order chi connectivity index (χ1) is 8.89. The van der Waals surface area contributed by atoms with E-state index < -0.39 is 15.3 Å². The van der Waals surface area contributed by atoms with Gasteiger partial charge in [-0.1, -0.05) is 6.92 Å². The highest BCUT2D eigenvalue weighted by molar-refractivity contribution is 7.93. The van der Waals surface area contributed by atoms with Crippen LogP contribution in [0.1, 0.15) is 27.2 Å². The van der Waals surface area contributed by atoms with Crippen LogP contribution in [0, 0.1) is 11.3 Å². The van der Waals surface area contributed by atoms with Crippen LogP contribution in [0.15, 0.2) is 24.3 Å². The van der Waals surface area contributed by atoms with Crippen molar-refractivity contribution in [2.45, 2.75) is 38.5 Å². The maximum atomic E-state index is 11.9. The molecule has 5 nitrogen and oxygen atoms in total. The monoisotopic (exact) mass is 282 g/mol. The van der Waals surface area contributed by atoms with Gasteiger partial charge in [0.2, 0.25) is 10.0 Å². The van der Waals surface area contributed by atoms with Crippen molar-refractivity contribution in [2.75, 3.05) is 4.72 Å². The van der Waals surface area contributed by atoms with Crippen molar-refractivity contribution in [3.05, 3.63) is 24.3 Å². The van der Waals surface area contributed by atoms with Gasteiger partial charge < -0.3 is 4.74 Å². The summed E-state index contributed by atoms with van der Waals surface area (Å²) in [6, 6.07) is 8.37. The largest absolute Gasteiger partial charge is 0.491 e. The van der Waals surface area contributed by atoms with Crippen molar-refractivity contribution in [2.24, 2.45) is 0 Å². The van der Waals surface area contributed by atoms with Gasteiger partial charge in [0, 0.05) is 5.69 Å². The summed E-state index contributed by atoms with van der Waals surface area (Å²) in [5.41, 5.74) is 0.421. The van der Waals surface area contributed by atoms with Crippen LogP contribution in [0.2, 0.25) is 0 Å². The van der Waals surface area contributed by atoms with Gasteiger partial charge in [-0.05, 0) is 44.5 Å². The molecule has 0 radical (unpaired) electrons. The molecule has 0 aromatic heterocycles. The zero-order valence-electron chi connectivity index (χ0n) is 11.3. The Morgan fingerprint density at radius 3 is 2.32 bits per heavy atom. The summed E-state index contributed by atoms with van der Waals surface area (Å²) in [6.45, 7) is 5.48. The number of nitrogens with one attached hydrogen (secondary N) is 1. The van der Waals surface area contributed by atoms with Gasteiger partial charge in [-0.2, -0.15) is 5.26 Å². The molecule has 0 aliphatic heterocycles. The van der Waals surface area contributed by atoms with Gasteiger partial charge in [-0.25, -0.2) is 8.42 Å². The van der Waals surface area contributed by atoms with Gasteiger partial charge >= 0.3 is 0 Å². The Bertz CT molecular complexity index is 544. The first kappa shape index (κ1) is 15.3. The molecular formula is C13H18N2O3S. The normalized spacial score (nSPS) is 12.8. The van der Waals surface area contributed by atoms with Crippen LogP contribution in [0.5, 0.6) is 5.75 Å². The van der Waals surface area contributed by atoms with Gasteiger partial charge in [0.05, 0.1) is 12.2 Å². The van der Waals surface area contributed by atoms with E-state index in [-0.39, 0.29) is 12.5 Å². The van der Waals surface area contributed by atoms with Crippen molar-refractivity contribution in [3.63, 3.8) is 0 Å². The molecule has 0 saturated carbocycles. The van der Waals surface area contributed by atoms with E-state index in [4.69, 9.17) is 10.00 Å². The van der Waals surface area contributed by atoms with Gasteiger partial charge in [0.1, 0.15) is 5.75 Å². The summed E-state index contributed by atoms with van der Waals surface area (Å²) in [6.07, 6.45) is 0.311. The zero-order valence-corrected chi connectivity index (χ0v) is 12.1. The Balaban J connectivity index is 2.81. The molecular weight excluding hydrogens is 264 g/mol. The van der Waals surface area contributed by atoms with Crippen LogP contribution in [0.4, 0.5) is 5.69 Å². The number of nitriles is 1. The second-order valence-electron chi connectivity index (χ2n) is 4.36. The average Bonchev–Trinajstić information content (AvgIpc) is 2.31. The van der Waals surface area contributed by atoms with Crippen LogP contribution in [0.3, 0.4) is 0 Å². The van der Waals surface area contributed by atoms with E-state index in [1.807, 2.05) is 13.8 Å². The minimum Gasteiger partial charge on any atom is -0.491 e. The molecule has 0 fully saturated rings. The number of nitrogens with zero attached hydrogens (tertiary/aromatic N) is 1. The second kappa shape index (κ2) is 6.43. The topological polar surface area (TPSA) is 79.2 Å². The Labute approximate surface area is 114 Å². The molecule has 1 rings (SSSR count). The molecule has 0 heterocycles. The molecule has 1 aromatic carbocycles. The van der Waals surface area contributed by atoms with Gasteiger partial charge in [-0.3, -0.25) is 4.72 Å². The Hall–Kier alpha value is -1.74. The maximum absolute atomic E-state index is 11.9. The summed E-state index contributed by atoms with van der Waals surface area (Å²) in [7, 11) is -3.66. The standard InChI is InChI=1S/C13H18N2O3S/c1-4-13(9-14)19(16,17)15-11-5-7-12(8-6-11)18-10(2)3/h5-8,10,13,15H,4H2,1-3H3. The van der Waals surface area contributed by atoms with E-state index in [1.165, 1.54) is 0 Å². The van der Waals surface area contributed by atoms with E-state index in [1.54, 1.807) is 37.3 Å². The van der Waals surface area contributed by atoms with Crippen molar-refractivity contribution in [3.8, 4) is 11.8 Å². The third kappa shape index (κ3) is 4.45. The van der Waals surface area contributed by atoms with E-state index in [0.717, 1.165) is 0 Å². The molecule has 104 valence electrons.